The summed E-state index contributed by atoms with van der Waals surface area (Å²) in [6.07, 6.45) is 1.41. The number of rotatable bonds is 1. The Morgan fingerprint density at radius 1 is 1.78 bits per heavy atom. The molecule has 1 aliphatic heterocycles. The Hall–Kier alpha value is 1.27. The molecule has 0 saturated carbocycles. The molecule has 1 atom stereocenters. The van der Waals surface area contributed by atoms with E-state index in [0.717, 1.165) is 18.7 Å². The molecule has 2 nitrogen and oxygen atoms in total. The fourth-order valence-electron chi connectivity index (χ4n) is 0.799. The molecule has 0 aromatic heterocycles. The van der Waals surface area contributed by atoms with Gasteiger partial charge in [0.1, 0.15) is 0 Å². The number of hydroxylamine groups is 2. The first-order valence-corrected chi connectivity index (χ1v) is 3.36. The van der Waals surface area contributed by atoms with Crippen LogP contribution in [0.1, 0.15) is 6.42 Å². The summed E-state index contributed by atoms with van der Waals surface area (Å²) in [7, 11) is 1.94. The fourth-order valence-corrected chi connectivity index (χ4v) is 1.03. The second kappa shape index (κ2) is 4.99. The summed E-state index contributed by atoms with van der Waals surface area (Å²) in [6.45, 7) is 1.03. The molecule has 9 heavy (non-hydrogen) atoms. The summed E-state index contributed by atoms with van der Waals surface area (Å²) in [6, 6.07) is 0. The molecule has 1 saturated heterocycles. The Bertz CT molecular complexity index is 83.4. The van der Waals surface area contributed by atoms with E-state index in [1.165, 1.54) is 0 Å². The maximum atomic E-state index is 5.24. The molecule has 1 unspecified atom stereocenters. The first-order chi connectivity index (χ1) is 3.83. The van der Waals surface area contributed by atoms with Gasteiger partial charge < -0.3 is 12.6 Å². The van der Waals surface area contributed by atoms with E-state index in [4.69, 9.17) is 17.5 Å². The molecule has 0 N–H and O–H groups in total. The van der Waals surface area contributed by atoms with E-state index in [1.807, 2.05) is 12.1 Å². The molecular weight excluding hydrogens is 145 g/mol. The average molecular weight is 155 g/mol. The normalized spacial score (nSPS) is 28.0. The van der Waals surface area contributed by atoms with Gasteiger partial charge in [0.2, 0.25) is 0 Å². The van der Waals surface area contributed by atoms with E-state index in [0.29, 0.717) is 6.10 Å². The summed E-state index contributed by atoms with van der Waals surface area (Å²) in [5, 5.41) is 1.84. The van der Waals surface area contributed by atoms with Crippen molar-refractivity contribution in [2.45, 2.75) is 12.5 Å². The zero-order chi connectivity index (χ0) is 5.98. The van der Waals surface area contributed by atoms with Gasteiger partial charge in [0.05, 0.1) is 6.10 Å². The van der Waals surface area contributed by atoms with Crippen LogP contribution in [0.5, 0.6) is 0 Å². The van der Waals surface area contributed by atoms with E-state index in [1.54, 1.807) is 0 Å². The fraction of sp³-hybridized carbons (Fsp3) is 1.00. The average Bonchev–Trinajstić information content (AvgIpc) is 2.14. The van der Waals surface area contributed by atoms with Crippen LogP contribution >= 0.6 is 0 Å². The van der Waals surface area contributed by atoms with Crippen LogP contribution in [-0.2, 0) is 17.5 Å². The second-order valence-electron chi connectivity index (χ2n) is 2.03. The smallest absolute Gasteiger partial charge is 0.790 e. The maximum absolute atomic E-state index is 5.24. The molecule has 0 amide bonds. The summed E-state index contributed by atoms with van der Waals surface area (Å²) >= 11 is 4.81. The van der Waals surface area contributed by atoms with Crippen LogP contribution in [0.2, 0.25) is 0 Å². The summed E-state index contributed by atoms with van der Waals surface area (Å²) in [5.74, 6) is 0.727. The Kier molecular flexibility index (Phi) is 5.70. The Morgan fingerprint density at radius 3 is 2.67 bits per heavy atom. The van der Waals surface area contributed by atoms with Crippen LogP contribution in [0.4, 0.5) is 0 Å². The largest absolute Gasteiger partial charge is 1.00 e. The van der Waals surface area contributed by atoms with E-state index in [2.05, 4.69) is 0 Å². The minimum absolute atomic E-state index is 0. The van der Waals surface area contributed by atoms with Crippen molar-refractivity contribution in [3.05, 3.63) is 0 Å². The minimum atomic E-state index is 0. The van der Waals surface area contributed by atoms with Crippen molar-refractivity contribution < 1.29 is 34.4 Å². The molecule has 0 bridgehead atoms. The monoisotopic (exact) mass is 155 g/mol. The summed E-state index contributed by atoms with van der Waals surface area (Å²) in [5.41, 5.74) is 0. The molecule has 48 valence electrons. The summed E-state index contributed by atoms with van der Waals surface area (Å²) < 4.78 is 0. The Labute approximate surface area is 83.6 Å². The zero-order valence-electron chi connectivity index (χ0n) is 5.96. The van der Waals surface area contributed by atoms with Gasteiger partial charge >= 0.3 is 29.6 Å². The predicted molar refractivity (Wildman–Crippen MR) is 34.4 cm³/mol. The molecule has 0 spiro atoms. The molecule has 0 aromatic carbocycles. The standard InChI is InChI=1S/C5H11NOS.Na/c1-6-3-2-5(4-8)7-6;/h5,8H,2-4H2,1H3;/q;+1/p-1. The molecule has 1 fully saturated rings. The van der Waals surface area contributed by atoms with Crippen LogP contribution in [0, 0.1) is 0 Å². The van der Waals surface area contributed by atoms with Gasteiger partial charge in [-0.3, -0.25) is 4.84 Å². The van der Waals surface area contributed by atoms with Gasteiger partial charge in [0, 0.05) is 13.6 Å². The van der Waals surface area contributed by atoms with Gasteiger partial charge in [0.25, 0.3) is 0 Å². The van der Waals surface area contributed by atoms with Crippen LogP contribution in [0.15, 0.2) is 0 Å². The number of hydrogen-bond acceptors (Lipinski definition) is 3. The van der Waals surface area contributed by atoms with E-state index in [9.17, 15) is 0 Å². The van der Waals surface area contributed by atoms with Crippen LogP contribution < -0.4 is 29.6 Å². The SMILES string of the molecule is CN1CCC(C[S-])O1.[Na+]. The van der Waals surface area contributed by atoms with Gasteiger partial charge in [-0.15, -0.1) is 5.75 Å². The van der Waals surface area contributed by atoms with Crippen molar-refractivity contribution in [3.63, 3.8) is 0 Å². The Morgan fingerprint density at radius 2 is 2.44 bits per heavy atom. The van der Waals surface area contributed by atoms with E-state index in [-0.39, 0.29) is 29.6 Å². The topological polar surface area (TPSA) is 12.5 Å². The first-order valence-electron chi connectivity index (χ1n) is 2.79. The van der Waals surface area contributed by atoms with Crippen LogP contribution in [-0.4, -0.2) is 30.5 Å². The van der Waals surface area contributed by atoms with Gasteiger partial charge in [-0.05, 0) is 6.42 Å². The summed E-state index contributed by atoms with van der Waals surface area (Å²) in [4.78, 5) is 5.24. The molecule has 1 aliphatic rings. The van der Waals surface area contributed by atoms with Gasteiger partial charge in [-0.25, -0.2) is 0 Å². The van der Waals surface area contributed by atoms with Crippen LogP contribution in [0.3, 0.4) is 0 Å². The molecular formula is C5H10NNaOS. The van der Waals surface area contributed by atoms with Crippen molar-refractivity contribution in [1.82, 2.24) is 5.06 Å². The Balaban J connectivity index is 0.000000640. The minimum Gasteiger partial charge on any atom is -0.790 e. The molecule has 0 radical (unpaired) electrons. The van der Waals surface area contributed by atoms with E-state index >= 15 is 0 Å². The molecule has 0 aromatic rings. The van der Waals surface area contributed by atoms with Crippen molar-refractivity contribution in [3.8, 4) is 0 Å². The van der Waals surface area contributed by atoms with E-state index < -0.39 is 0 Å². The van der Waals surface area contributed by atoms with Crippen molar-refractivity contribution >= 4 is 12.6 Å². The number of nitrogens with zero attached hydrogens (tertiary/aromatic N) is 1. The van der Waals surface area contributed by atoms with Crippen LogP contribution in [0.25, 0.3) is 0 Å². The van der Waals surface area contributed by atoms with Crippen molar-refractivity contribution in [2.75, 3.05) is 19.3 Å². The first kappa shape index (κ1) is 10.3. The zero-order valence-corrected chi connectivity index (χ0v) is 8.78. The van der Waals surface area contributed by atoms with Gasteiger partial charge in [0.15, 0.2) is 0 Å². The maximum Gasteiger partial charge on any atom is 1.00 e. The second-order valence-corrected chi connectivity index (χ2v) is 2.37. The van der Waals surface area contributed by atoms with Crippen molar-refractivity contribution in [2.24, 2.45) is 0 Å². The molecule has 1 rings (SSSR count). The third kappa shape index (κ3) is 3.25. The number of hydrogen-bond donors (Lipinski definition) is 0. The molecule has 4 heteroatoms. The van der Waals surface area contributed by atoms with Gasteiger partial charge in [-0.1, -0.05) is 0 Å². The third-order valence-corrected chi connectivity index (χ3v) is 1.65. The molecule has 0 aliphatic carbocycles. The molecule has 1 heterocycles. The van der Waals surface area contributed by atoms with Crippen molar-refractivity contribution in [1.29, 1.82) is 0 Å². The quantitative estimate of drug-likeness (QED) is 0.299. The predicted octanol–water partition coefficient (Wildman–Crippen LogP) is -2.83. The third-order valence-electron chi connectivity index (χ3n) is 1.28. The van der Waals surface area contributed by atoms with Gasteiger partial charge in [-0.2, -0.15) is 5.06 Å².